The zero-order valence-electron chi connectivity index (χ0n) is 17.0. The molecule has 138 valence electrons. The van der Waals surface area contributed by atoms with Crippen LogP contribution < -0.4 is 5.30 Å². The number of aryl methyl sites for hydroxylation is 1. The van der Waals surface area contributed by atoms with Crippen molar-refractivity contribution in [2.45, 2.75) is 86.0 Å². The molecule has 0 spiro atoms. The highest BCUT2D eigenvalue weighted by atomic mass is 31.1. The van der Waals surface area contributed by atoms with Crippen LogP contribution in [-0.2, 0) is 0 Å². The van der Waals surface area contributed by atoms with Crippen molar-refractivity contribution in [1.29, 1.82) is 0 Å². The van der Waals surface area contributed by atoms with Gasteiger partial charge >= 0.3 is 0 Å². The normalized spacial score (nSPS) is 15.2. The van der Waals surface area contributed by atoms with E-state index in [4.69, 9.17) is 0 Å². The highest BCUT2D eigenvalue weighted by Gasteiger charge is 2.20. The molecule has 0 N–H and O–H groups in total. The van der Waals surface area contributed by atoms with Crippen LogP contribution in [0, 0.1) is 18.8 Å². The Morgan fingerprint density at radius 2 is 1.21 bits per heavy atom. The molecule has 0 saturated carbocycles. The number of benzene rings is 1. The Hall–Kier alpha value is -0.350. The average Bonchev–Trinajstić information content (AvgIpc) is 2.61. The summed E-state index contributed by atoms with van der Waals surface area (Å²) in [6.07, 6.45) is 14.0. The molecule has 0 aliphatic heterocycles. The van der Waals surface area contributed by atoms with Gasteiger partial charge in [-0.3, -0.25) is 0 Å². The third kappa shape index (κ3) is 8.15. The van der Waals surface area contributed by atoms with E-state index >= 15 is 0 Å². The Balaban J connectivity index is 2.82. The zero-order chi connectivity index (χ0) is 17.8. The fourth-order valence-electron chi connectivity index (χ4n) is 3.50. The van der Waals surface area contributed by atoms with E-state index in [1.165, 1.54) is 69.3 Å². The van der Waals surface area contributed by atoms with E-state index in [0.29, 0.717) is 0 Å². The van der Waals surface area contributed by atoms with Crippen LogP contribution in [0.4, 0.5) is 0 Å². The van der Waals surface area contributed by atoms with Crippen molar-refractivity contribution in [2.24, 2.45) is 11.8 Å². The molecule has 1 aromatic carbocycles. The molecule has 2 unspecified atom stereocenters. The summed E-state index contributed by atoms with van der Waals surface area (Å²) >= 11 is 0. The van der Waals surface area contributed by atoms with Crippen molar-refractivity contribution >= 4 is 13.2 Å². The first kappa shape index (κ1) is 21.7. The summed E-state index contributed by atoms with van der Waals surface area (Å²) in [6.45, 7) is 11.7. The van der Waals surface area contributed by atoms with Gasteiger partial charge in [0.15, 0.2) is 0 Å². The van der Waals surface area contributed by atoms with Crippen molar-refractivity contribution in [3.05, 3.63) is 29.8 Å². The topological polar surface area (TPSA) is 0 Å². The van der Waals surface area contributed by atoms with E-state index in [0.717, 1.165) is 11.8 Å². The van der Waals surface area contributed by atoms with E-state index < -0.39 is 0 Å². The fourth-order valence-corrected chi connectivity index (χ4v) is 6.77. The Morgan fingerprint density at radius 1 is 0.750 bits per heavy atom. The fraction of sp³-hybridized carbons (Fsp3) is 0.739. The van der Waals surface area contributed by atoms with Crippen LogP contribution in [0.15, 0.2) is 24.3 Å². The first-order valence-corrected chi connectivity index (χ1v) is 12.2. The lowest BCUT2D eigenvalue weighted by Gasteiger charge is -2.27. The number of hydrogen-bond donors (Lipinski definition) is 0. The molecule has 0 amide bonds. The molecule has 0 saturated heterocycles. The highest BCUT2D eigenvalue weighted by Crippen LogP contribution is 2.42. The Bertz CT molecular complexity index is 391. The van der Waals surface area contributed by atoms with Crippen LogP contribution in [0.5, 0.6) is 0 Å². The lowest BCUT2D eigenvalue weighted by atomic mass is 10.0. The van der Waals surface area contributed by atoms with Crippen LogP contribution in [-0.4, -0.2) is 12.3 Å². The third-order valence-corrected chi connectivity index (χ3v) is 8.39. The summed E-state index contributed by atoms with van der Waals surface area (Å²) < 4.78 is 0. The molecule has 0 aliphatic rings. The number of hydrogen-bond acceptors (Lipinski definition) is 0. The van der Waals surface area contributed by atoms with Gasteiger partial charge in [-0.25, -0.2) is 0 Å². The zero-order valence-corrected chi connectivity index (χ0v) is 17.9. The SMILES string of the molecule is CCCCC(CC)CP(CC(CC)CCCC)c1ccc(C)cc1. The van der Waals surface area contributed by atoms with Crippen molar-refractivity contribution < 1.29 is 0 Å². The van der Waals surface area contributed by atoms with Crippen molar-refractivity contribution in [3.8, 4) is 0 Å². The summed E-state index contributed by atoms with van der Waals surface area (Å²) in [5.74, 6) is 1.86. The Kier molecular flexibility index (Phi) is 11.7. The van der Waals surface area contributed by atoms with Crippen LogP contribution in [0.25, 0.3) is 0 Å². The second-order valence-electron chi connectivity index (χ2n) is 7.57. The molecule has 0 nitrogen and oxygen atoms in total. The van der Waals surface area contributed by atoms with E-state index in [1.54, 1.807) is 5.30 Å². The first-order valence-electron chi connectivity index (χ1n) is 10.5. The maximum absolute atomic E-state index is 2.43. The molecule has 1 rings (SSSR count). The predicted octanol–water partition coefficient (Wildman–Crippen LogP) is 7.54. The van der Waals surface area contributed by atoms with Crippen molar-refractivity contribution in [2.75, 3.05) is 12.3 Å². The smallest absolute Gasteiger partial charge is 0.0240 e. The molecular formula is C23H41P. The molecule has 24 heavy (non-hydrogen) atoms. The second kappa shape index (κ2) is 12.9. The molecule has 1 aromatic rings. The van der Waals surface area contributed by atoms with E-state index in [-0.39, 0.29) is 7.92 Å². The monoisotopic (exact) mass is 348 g/mol. The molecule has 0 aromatic heterocycles. The van der Waals surface area contributed by atoms with Gasteiger partial charge in [-0.2, -0.15) is 0 Å². The van der Waals surface area contributed by atoms with Gasteiger partial charge < -0.3 is 0 Å². The maximum Gasteiger partial charge on any atom is -0.0240 e. The van der Waals surface area contributed by atoms with E-state index in [9.17, 15) is 0 Å². The summed E-state index contributed by atoms with van der Waals surface area (Å²) in [6, 6.07) is 9.51. The van der Waals surface area contributed by atoms with Crippen LogP contribution in [0.2, 0.25) is 0 Å². The number of unbranched alkanes of at least 4 members (excludes halogenated alkanes) is 2. The van der Waals surface area contributed by atoms with Gasteiger partial charge in [0.2, 0.25) is 0 Å². The summed E-state index contributed by atoms with van der Waals surface area (Å²) in [4.78, 5) is 0. The molecule has 0 heterocycles. The minimum Gasteiger partial charge on any atom is -0.0748 e. The van der Waals surface area contributed by atoms with E-state index in [1.807, 2.05) is 0 Å². The minimum absolute atomic E-state index is 0.00834. The lowest BCUT2D eigenvalue weighted by molar-refractivity contribution is 0.485. The molecule has 2 atom stereocenters. The Labute approximate surface area is 153 Å². The standard InChI is InChI=1S/C23H41P/c1-6-10-12-21(8-3)18-24(19-22(9-4)13-11-7-2)23-16-14-20(5)15-17-23/h14-17,21-22H,6-13,18-19H2,1-5H3. The lowest BCUT2D eigenvalue weighted by Crippen LogP contribution is -2.17. The molecule has 0 radical (unpaired) electrons. The molecule has 0 aliphatic carbocycles. The van der Waals surface area contributed by atoms with Crippen LogP contribution in [0.3, 0.4) is 0 Å². The molecule has 0 bridgehead atoms. The van der Waals surface area contributed by atoms with Crippen molar-refractivity contribution in [3.63, 3.8) is 0 Å². The highest BCUT2D eigenvalue weighted by molar-refractivity contribution is 7.65. The largest absolute Gasteiger partial charge is 0.0748 e. The molecule has 1 heteroatoms. The third-order valence-electron chi connectivity index (χ3n) is 5.44. The average molecular weight is 349 g/mol. The first-order chi connectivity index (χ1) is 11.6. The maximum atomic E-state index is 2.43. The van der Waals surface area contributed by atoms with Gasteiger partial charge in [0.05, 0.1) is 0 Å². The van der Waals surface area contributed by atoms with Gasteiger partial charge in [-0.05, 0) is 36.4 Å². The van der Waals surface area contributed by atoms with Gasteiger partial charge in [0.1, 0.15) is 0 Å². The van der Waals surface area contributed by atoms with Gasteiger partial charge in [0.25, 0.3) is 0 Å². The predicted molar refractivity (Wildman–Crippen MR) is 114 cm³/mol. The summed E-state index contributed by atoms with van der Waals surface area (Å²) in [7, 11) is 0.00834. The minimum atomic E-state index is 0.00834. The van der Waals surface area contributed by atoms with Gasteiger partial charge in [-0.15, -0.1) is 0 Å². The van der Waals surface area contributed by atoms with Crippen LogP contribution in [0.1, 0.15) is 84.6 Å². The molecular weight excluding hydrogens is 307 g/mol. The quantitative estimate of drug-likeness (QED) is 0.323. The van der Waals surface area contributed by atoms with Gasteiger partial charge in [0, 0.05) is 0 Å². The summed E-state index contributed by atoms with van der Waals surface area (Å²) in [5, 5.41) is 1.65. The summed E-state index contributed by atoms with van der Waals surface area (Å²) in [5.41, 5.74) is 1.39. The second-order valence-corrected chi connectivity index (χ2v) is 9.90. The Morgan fingerprint density at radius 3 is 1.58 bits per heavy atom. The number of rotatable bonds is 13. The van der Waals surface area contributed by atoms with Gasteiger partial charge in [-0.1, -0.05) is 117 Å². The van der Waals surface area contributed by atoms with E-state index in [2.05, 4.69) is 58.9 Å². The molecule has 0 fully saturated rings. The van der Waals surface area contributed by atoms with Crippen LogP contribution >= 0.6 is 7.92 Å². The van der Waals surface area contributed by atoms with Crippen molar-refractivity contribution in [1.82, 2.24) is 0 Å².